The van der Waals surface area contributed by atoms with E-state index in [1.54, 1.807) is 0 Å². The molecular formula is C9H12N2O6. The molecule has 1 aliphatic heterocycles. The standard InChI is InChI=1S/C9H12N2O6/c12-6-1-2-7(13)11(6)17-9(16)3-4-10-5-8(14)15/h10H,1-5H2,(H,14,15). The molecule has 1 aliphatic rings. The molecule has 0 aromatic heterocycles. The number of hydrogen-bond donors (Lipinski definition) is 2. The summed E-state index contributed by atoms with van der Waals surface area (Å²) >= 11 is 0. The lowest BCUT2D eigenvalue weighted by Crippen LogP contribution is -2.33. The first-order valence-corrected chi connectivity index (χ1v) is 5.00. The molecule has 2 N–H and O–H groups in total. The molecule has 0 aromatic carbocycles. The lowest BCUT2D eigenvalue weighted by atomic mass is 10.4. The maximum Gasteiger partial charge on any atom is 0.334 e. The highest BCUT2D eigenvalue weighted by molar-refractivity contribution is 6.01. The van der Waals surface area contributed by atoms with Crippen LogP contribution in [0.2, 0.25) is 0 Å². The molecular weight excluding hydrogens is 232 g/mol. The number of carboxylic acid groups (broad SMARTS) is 1. The summed E-state index contributed by atoms with van der Waals surface area (Å²) in [5, 5.41) is 11.2. The highest BCUT2D eigenvalue weighted by Crippen LogP contribution is 2.12. The first-order valence-electron chi connectivity index (χ1n) is 5.00. The quantitative estimate of drug-likeness (QED) is 0.439. The van der Waals surface area contributed by atoms with Crippen molar-refractivity contribution in [3.63, 3.8) is 0 Å². The minimum atomic E-state index is -1.04. The highest BCUT2D eigenvalue weighted by atomic mass is 16.7. The minimum absolute atomic E-state index is 0.0450. The fourth-order valence-corrected chi connectivity index (χ4v) is 1.19. The number of imide groups is 1. The molecule has 0 radical (unpaired) electrons. The van der Waals surface area contributed by atoms with Crippen molar-refractivity contribution in [3.05, 3.63) is 0 Å². The van der Waals surface area contributed by atoms with E-state index < -0.39 is 23.8 Å². The van der Waals surface area contributed by atoms with Crippen molar-refractivity contribution in [2.24, 2.45) is 0 Å². The molecule has 0 bridgehead atoms. The summed E-state index contributed by atoms with van der Waals surface area (Å²) in [7, 11) is 0. The van der Waals surface area contributed by atoms with Gasteiger partial charge in [-0.25, -0.2) is 4.79 Å². The maximum absolute atomic E-state index is 11.2. The van der Waals surface area contributed by atoms with Crippen molar-refractivity contribution in [1.29, 1.82) is 0 Å². The van der Waals surface area contributed by atoms with E-state index in [1.165, 1.54) is 0 Å². The number of hydrogen-bond acceptors (Lipinski definition) is 6. The van der Waals surface area contributed by atoms with Crippen molar-refractivity contribution in [2.75, 3.05) is 13.1 Å². The third kappa shape index (κ3) is 4.19. The third-order valence-corrected chi connectivity index (χ3v) is 1.98. The molecule has 8 heteroatoms. The number of amides is 2. The van der Waals surface area contributed by atoms with Gasteiger partial charge in [-0.3, -0.25) is 14.4 Å². The first kappa shape index (κ1) is 13.1. The van der Waals surface area contributed by atoms with Gasteiger partial charge in [0.25, 0.3) is 11.8 Å². The van der Waals surface area contributed by atoms with Crippen LogP contribution in [-0.2, 0) is 24.0 Å². The van der Waals surface area contributed by atoms with Gasteiger partial charge in [0.15, 0.2) is 0 Å². The number of rotatable bonds is 6. The second-order valence-corrected chi connectivity index (χ2v) is 3.37. The largest absolute Gasteiger partial charge is 0.480 e. The number of carbonyl (C=O) groups is 4. The monoisotopic (exact) mass is 244 g/mol. The summed E-state index contributed by atoms with van der Waals surface area (Å²) < 4.78 is 0. The summed E-state index contributed by atoms with van der Waals surface area (Å²) in [6.45, 7) is -0.170. The van der Waals surface area contributed by atoms with Gasteiger partial charge in [0.2, 0.25) is 0 Å². The smallest absolute Gasteiger partial charge is 0.334 e. The molecule has 2 amide bonds. The van der Waals surface area contributed by atoms with Crippen molar-refractivity contribution >= 4 is 23.8 Å². The van der Waals surface area contributed by atoms with Crippen LogP contribution >= 0.6 is 0 Å². The van der Waals surface area contributed by atoms with Crippen molar-refractivity contribution in [3.8, 4) is 0 Å². The van der Waals surface area contributed by atoms with Gasteiger partial charge in [0, 0.05) is 19.4 Å². The zero-order valence-corrected chi connectivity index (χ0v) is 8.97. The van der Waals surface area contributed by atoms with Crippen LogP contribution in [0.1, 0.15) is 19.3 Å². The molecule has 0 atom stereocenters. The third-order valence-electron chi connectivity index (χ3n) is 1.98. The number of nitrogens with one attached hydrogen (secondary N) is 1. The molecule has 1 heterocycles. The van der Waals surface area contributed by atoms with Crippen LogP contribution in [0.15, 0.2) is 0 Å². The summed E-state index contributed by atoms with van der Waals surface area (Å²) in [6, 6.07) is 0. The van der Waals surface area contributed by atoms with Gasteiger partial charge in [0.05, 0.1) is 13.0 Å². The summed E-state index contributed by atoms with van der Waals surface area (Å²) in [4.78, 5) is 48.0. The van der Waals surface area contributed by atoms with Crippen LogP contribution in [0.5, 0.6) is 0 Å². The second kappa shape index (κ2) is 5.94. The van der Waals surface area contributed by atoms with Gasteiger partial charge in [-0.1, -0.05) is 0 Å². The molecule has 0 saturated carbocycles. The predicted octanol–water partition coefficient (Wildman–Crippen LogP) is -1.34. The summed E-state index contributed by atoms with van der Waals surface area (Å²) in [5.41, 5.74) is 0. The van der Waals surface area contributed by atoms with E-state index in [0.29, 0.717) is 5.06 Å². The number of aliphatic carboxylic acids is 1. The molecule has 94 valence electrons. The zero-order valence-electron chi connectivity index (χ0n) is 8.97. The van der Waals surface area contributed by atoms with E-state index in [-0.39, 0.29) is 32.4 Å². The number of nitrogens with zero attached hydrogens (tertiary/aromatic N) is 1. The molecule has 17 heavy (non-hydrogen) atoms. The molecule has 0 unspecified atom stereocenters. The van der Waals surface area contributed by atoms with Crippen LogP contribution in [0, 0.1) is 0 Å². The lowest BCUT2D eigenvalue weighted by Gasteiger charge is -2.12. The Morgan fingerprint density at radius 1 is 1.29 bits per heavy atom. The van der Waals surface area contributed by atoms with E-state index in [9.17, 15) is 19.2 Å². The van der Waals surface area contributed by atoms with Gasteiger partial charge < -0.3 is 15.3 Å². The van der Waals surface area contributed by atoms with Crippen molar-refractivity contribution in [1.82, 2.24) is 10.4 Å². The van der Waals surface area contributed by atoms with E-state index >= 15 is 0 Å². The molecule has 0 aliphatic carbocycles. The van der Waals surface area contributed by atoms with Crippen LogP contribution in [0.25, 0.3) is 0 Å². The number of hydroxylamine groups is 2. The van der Waals surface area contributed by atoms with Crippen molar-refractivity contribution in [2.45, 2.75) is 19.3 Å². The second-order valence-electron chi connectivity index (χ2n) is 3.37. The fraction of sp³-hybridized carbons (Fsp3) is 0.556. The van der Waals surface area contributed by atoms with Crippen LogP contribution in [0.4, 0.5) is 0 Å². The Morgan fingerprint density at radius 2 is 1.88 bits per heavy atom. The molecule has 1 rings (SSSR count). The number of carboxylic acids is 1. The molecule has 0 spiro atoms. The fourth-order valence-electron chi connectivity index (χ4n) is 1.19. The van der Waals surface area contributed by atoms with Crippen molar-refractivity contribution < 1.29 is 29.1 Å². The van der Waals surface area contributed by atoms with E-state index in [1.807, 2.05) is 0 Å². The normalized spacial score (nSPS) is 15.2. The molecule has 0 aromatic rings. The van der Waals surface area contributed by atoms with Gasteiger partial charge in [0.1, 0.15) is 0 Å². The van der Waals surface area contributed by atoms with E-state index in [2.05, 4.69) is 10.2 Å². The lowest BCUT2D eigenvalue weighted by molar-refractivity contribution is -0.197. The molecule has 1 fully saturated rings. The summed E-state index contributed by atoms with van der Waals surface area (Å²) in [5.74, 6) is -2.88. The average Bonchev–Trinajstić information content (AvgIpc) is 2.56. The Morgan fingerprint density at radius 3 is 2.41 bits per heavy atom. The minimum Gasteiger partial charge on any atom is -0.480 e. The Balaban J connectivity index is 2.23. The first-order chi connectivity index (χ1) is 8.00. The Kier molecular flexibility index (Phi) is 4.58. The number of carbonyl (C=O) groups excluding carboxylic acids is 3. The van der Waals surface area contributed by atoms with Crippen LogP contribution in [0.3, 0.4) is 0 Å². The molecule has 1 saturated heterocycles. The Labute approximate surface area is 96.5 Å². The van der Waals surface area contributed by atoms with E-state index in [0.717, 1.165) is 0 Å². The average molecular weight is 244 g/mol. The van der Waals surface area contributed by atoms with Gasteiger partial charge >= 0.3 is 11.9 Å². The SMILES string of the molecule is O=C(O)CNCCC(=O)ON1C(=O)CCC1=O. The highest BCUT2D eigenvalue weighted by Gasteiger charge is 2.32. The van der Waals surface area contributed by atoms with Crippen LogP contribution < -0.4 is 5.32 Å². The predicted molar refractivity (Wildman–Crippen MR) is 52.3 cm³/mol. The topological polar surface area (TPSA) is 113 Å². The zero-order chi connectivity index (χ0) is 12.8. The van der Waals surface area contributed by atoms with Gasteiger partial charge in [-0.05, 0) is 0 Å². The maximum atomic E-state index is 11.2. The Bertz CT molecular complexity index is 337. The Hall–Kier alpha value is -1.96. The molecule has 8 nitrogen and oxygen atoms in total. The summed E-state index contributed by atoms with van der Waals surface area (Å²) in [6.07, 6.45) is -0.0307. The van der Waals surface area contributed by atoms with Gasteiger partial charge in [-0.2, -0.15) is 0 Å². The van der Waals surface area contributed by atoms with E-state index in [4.69, 9.17) is 5.11 Å². The van der Waals surface area contributed by atoms with Crippen LogP contribution in [-0.4, -0.2) is 47.0 Å². The van der Waals surface area contributed by atoms with Gasteiger partial charge in [-0.15, -0.1) is 5.06 Å².